The Morgan fingerprint density at radius 1 is 1.25 bits per heavy atom. The van der Waals surface area contributed by atoms with Gasteiger partial charge in [-0.15, -0.1) is 0 Å². The maximum atomic E-state index is 5.79. The van der Waals surface area contributed by atoms with Gasteiger partial charge in [0.25, 0.3) is 0 Å². The van der Waals surface area contributed by atoms with Crippen LogP contribution < -0.4 is 20.5 Å². The Kier molecular flexibility index (Phi) is 4.60. The molecule has 0 amide bonds. The van der Waals surface area contributed by atoms with Crippen LogP contribution in [0.15, 0.2) is 30.6 Å². The van der Waals surface area contributed by atoms with Gasteiger partial charge in [-0.2, -0.15) is 0 Å². The molecule has 0 aliphatic carbocycles. The zero-order valence-electron chi connectivity index (χ0n) is 11.6. The summed E-state index contributed by atoms with van der Waals surface area (Å²) >= 11 is 0. The highest BCUT2D eigenvalue weighted by Crippen LogP contribution is 2.22. The van der Waals surface area contributed by atoms with E-state index in [0.717, 1.165) is 11.3 Å². The summed E-state index contributed by atoms with van der Waals surface area (Å²) in [7, 11) is 1.63. The van der Waals surface area contributed by atoms with Gasteiger partial charge in [-0.05, 0) is 25.1 Å². The number of nitrogens with zero attached hydrogens (tertiary/aromatic N) is 2. The van der Waals surface area contributed by atoms with Crippen molar-refractivity contribution in [3.8, 4) is 11.6 Å². The lowest BCUT2D eigenvalue weighted by Crippen LogP contribution is -2.05. The third-order valence-electron chi connectivity index (χ3n) is 2.70. The smallest absolute Gasteiger partial charge is 0.218 e. The first-order valence-corrected chi connectivity index (χ1v) is 6.34. The summed E-state index contributed by atoms with van der Waals surface area (Å²) in [4.78, 5) is 8.15. The highest BCUT2D eigenvalue weighted by Gasteiger charge is 2.05. The van der Waals surface area contributed by atoms with Gasteiger partial charge in [0.15, 0.2) is 0 Å². The number of benzene rings is 1. The van der Waals surface area contributed by atoms with Crippen LogP contribution in [0.25, 0.3) is 0 Å². The molecule has 6 nitrogen and oxygen atoms in total. The van der Waals surface area contributed by atoms with E-state index >= 15 is 0 Å². The van der Waals surface area contributed by atoms with E-state index < -0.39 is 0 Å². The van der Waals surface area contributed by atoms with Gasteiger partial charge in [0.05, 0.1) is 13.7 Å². The lowest BCUT2D eigenvalue weighted by atomic mass is 10.2. The van der Waals surface area contributed by atoms with Crippen molar-refractivity contribution in [2.45, 2.75) is 13.5 Å². The van der Waals surface area contributed by atoms with Crippen molar-refractivity contribution in [2.24, 2.45) is 0 Å². The van der Waals surface area contributed by atoms with Crippen molar-refractivity contribution in [3.05, 3.63) is 36.2 Å². The molecule has 0 atom stereocenters. The number of methoxy groups -OCH3 is 1. The number of aromatic nitrogens is 2. The van der Waals surface area contributed by atoms with Crippen LogP contribution in [0.3, 0.4) is 0 Å². The minimum atomic E-state index is 0.546. The second-order valence-electron chi connectivity index (χ2n) is 4.10. The molecule has 1 aromatic carbocycles. The average molecular weight is 274 g/mol. The molecule has 0 saturated heterocycles. The molecule has 1 heterocycles. The van der Waals surface area contributed by atoms with Crippen LogP contribution >= 0.6 is 0 Å². The monoisotopic (exact) mass is 274 g/mol. The van der Waals surface area contributed by atoms with E-state index in [1.54, 1.807) is 19.2 Å². The van der Waals surface area contributed by atoms with Gasteiger partial charge < -0.3 is 20.5 Å². The van der Waals surface area contributed by atoms with E-state index in [0.29, 0.717) is 30.5 Å². The Labute approximate surface area is 118 Å². The van der Waals surface area contributed by atoms with Crippen molar-refractivity contribution >= 4 is 11.5 Å². The summed E-state index contributed by atoms with van der Waals surface area (Å²) < 4.78 is 10.6. The van der Waals surface area contributed by atoms with Crippen LogP contribution in [-0.2, 0) is 6.54 Å². The third kappa shape index (κ3) is 3.50. The molecular weight excluding hydrogens is 256 g/mol. The predicted octanol–water partition coefficient (Wildman–Crippen LogP) is 2.08. The zero-order valence-corrected chi connectivity index (χ0v) is 11.6. The molecule has 0 aliphatic heterocycles. The first kappa shape index (κ1) is 13.9. The Bertz CT molecular complexity index is 575. The topological polar surface area (TPSA) is 82.3 Å². The standard InChI is InChI=1S/C14H18N4O2/c1-3-20-14-7-13(17-9-18-14)16-8-10-6-11(15)4-5-12(10)19-2/h4-7,9H,3,8,15H2,1-2H3,(H,16,17,18). The number of hydrogen-bond donors (Lipinski definition) is 2. The van der Waals surface area contributed by atoms with Gasteiger partial charge in [-0.25, -0.2) is 9.97 Å². The van der Waals surface area contributed by atoms with Crippen LogP contribution in [0, 0.1) is 0 Å². The van der Waals surface area contributed by atoms with Gasteiger partial charge in [-0.3, -0.25) is 0 Å². The van der Waals surface area contributed by atoms with Gasteiger partial charge in [0.1, 0.15) is 17.9 Å². The molecule has 3 N–H and O–H groups in total. The summed E-state index contributed by atoms with van der Waals surface area (Å²) in [5, 5.41) is 3.20. The fourth-order valence-electron chi connectivity index (χ4n) is 1.79. The van der Waals surface area contributed by atoms with Crippen LogP contribution in [-0.4, -0.2) is 23.7 Å². The molecule has 106 valence electrons. The number of anilines is 2. The van der Waals surface area contributed by atoms with Gasteiger partial charge in [0.2, 0.25) is 5.88 Å². The molecule has 0 unspecified atom stereocenters. The van der Waals surface area contributed by atoms with E-state index in [-0.39, 0.29) is 0 Å². The molecule has 6 heteroatoms. The maximum Gasteiger partial charge on any atom is 0.218 e. The van der Waals surface area contributed by atoms with Crippen molar-refractivity contribution in [1.29, 1.82) is 0 Å². The fraction of sp³-hybridized carbons (Fsp3) is 0.286. The van der Waals surface area contributed by atoms with E-state index in [2.05, 4.69) is 15.3 Å². The summed E-state index contributed by atoms with van der Waals surface area (Å²) in [5.74, 6) is 2.02. The molecular formula is C14H18N4O2. The molecule has 20 heavy (non-hydrogen) atoms. The van der Waals surface area contributed by atoms with Crippen LogP contribution in [0.1, 0.15) is 12.5 Å². The molecule has 0 aliphatic rings. The van der Waals surface area contributed by atoms with E-state index in [1.165, 1.54) is 6.33 Å². The highest BCUT2D eigenvalue weighted by molar-refractivity contribution is 5.49. The molecule has 0 bridgehead atoms. The number of rotatable bonds is 6. The van der Waals surface area contributed by atoms with Crippen molar-refractivity contribution in [3.63, 3.8) is 0 Å². The highest BCUT2D eigenvalue weighted by atomic mass is 16.5. The van der Waals surface area contributed by atoms with E-state index in [1.807, 2.05) is 19.1 Å². The minimum Gasteiger partial charge on any atom is -0.496 e. The third-order valence-corrected chi connectivity index (χ3v) is 2.70. The molecule has 0 fully saturated rings. The van der Waals surface area contributed by atoms with Gasteiger partial charge in [0, 0.05) is 23.9 Å². The summed E-state index contributed by atoms with van der Waals surface area (Å²) in [6.45, 7) is 3.03. The first-order valence-electron chi connectivity index (χ1n) is 6.34. The number of nitrogen functional groups attached to an aromatic ring is 1. The van der Waals surface area contributed by atoms with Crippen molar-refractivity contribution in [2.75, 3.05) is 24.8 Å². The fourth-order valence-corrected chi connectivity index (χ4v) is 1.79. The normalized spacial score (nSPS) is 10.1. The SMILES string of the molecule is CCOc1cc(NCc2cc(N)ccc2OC)ncn1. The molecule has 0 radical (unpaired) electrons. The second-order valence-corrected chi connectivity index (χ2v) is 4.10. The van der Waals surface area contributed by atoms with E-state index in [9.17, 15) is 0 Å². The lowest BCUT2D eigenvalue weighted by Gasteiger charge is -2.11. The lowest BCUT2D eigenvalue weighted by molar-refractivity contribution is 0.326. The van der Waals surface area contributed by atoms with Crippen molar-refractivity contribution in [1.82, 2.24) is 9.97 Å². The Morgan fingerprint density at radius 3 is 2.85 bits per heavy atom. The average Bonchev–Trinajstić information content (AvgIpc) is 2.46. The molecule has 0 saturated carbocycles. The maximum absolute atomic E-state index is 5.79. The molecule has 2 aromatic rings. The van der Waals surface area contributed by atoms with Gasteiger partial charge >= 0.3 is 0 Å². The molecule has 2 rings (SSSR count). The van der Waals surface area contributed by atoms with Crippen LogP contribution in [0.5, 0.6) is 11.6 Å². The number of nitrogens with one attached hydrogen (secondary N) is 1. The van der Waals surface area contributed by atoms with Crippen LogP contribution in [0.2, 0.25) is 0 Å². The van der Waals surface area contributed by atoms with Crippen molar-refractivity contribution < 1.29 is 9.47 Å². The minimum absolute atomic E-state index is 0.546. The largest absolute Gasteiger partial charge is 0.496 e. The van der Waals surface area contributed by atoms with E-state index in [4.69, 9.17) is 15.2 Å². The second kappa shape index (κ2) is 6.60. The van der Waals surface area contributed by atoms with Crippen LogP contribution in [0.4, 0.5) is 11.5 Å². The first-order chi connectivity index (χ1) is 9.72. The molecule has 1 aromatic heterocycles. The zero-order chi connectivity index (χ0) is 14.4. The van der Waals surface area contributed by atoms with Gasteiger partial charge in [-0.1, -0.05) is 0 Å². The Morgan fingerprint density at radius 2 is 2.10 bits per heavy atom. The molecule has 0 spiro atoms. The number of nitrogens with two attached hydrogens (primary N) is 1. The Balaban J connectivity index is 2.08. The Hall–Kier alpha value is -2.50. The summed E-state index contributed by atoms with van der Waals surface area (Å²) in [6.07, 6.45) is 1.46. The number of ether oxygens (including phenoxy) is 2. The quantitative estimate of drug-likeness (QED) is 0.785. The summed E-state index contributed by atoms with van der Waals surface area (Å²) in [5.41, 5.74) is 7.44. The predicted molar refractivity (Wildman–Crippen MR) is 77.9 cm³/mol. The summed E-state index contributed by atoms with van der Waals surface area (Å²) in [6, 6.07) is 7.27. The number of hydrogen-bond acceptors (Lipinski definition) is 6.